The Labute approximate surface area is 158 Å². The number of fused-ring (bicyclic) bond motifs is 1. The Balaban J connectivity index is 0.00000225. The van der Waals surface area contributed by atoms with Gasteiger partial charge in [-0.1, -0.05) is 29.5 Å². The number of nitrogens with one attached hydrogen (secondary N) is 1. The number of thiazole rings is 1. The largest absolute Gasteiger partial charge is 0.354 e. The number of nitrogens with zero attached hydrogens (tertiary/aromatic N) is 2. The molecule has 0 aliphatic rings. The number of nitro groups is 1. The Kier molecular flexibility index (Phi) is 5.86. The summed E-state index contributed by atoms with van der Waals surface area (Å²) in [5.41, 5.74) is 3.45. The van der Waals surface area contributed by atoms with Crippen LogP contribution in [0.1, 0.15) is 21.5 Å². The lowest BCUT2D eigenvalue weighted by atomic mass is 10.1. The molecule has 2 aromatic carbocycles. The van der Waals surface area contributed by atoms with Crippen LogP contribution in [-0.4, -0.2) is 22.2 Å². The average molecular weight is 422 g/mol. The summed E-state index contributed by atoms with van der Waals surface area (Å²) < 4.78 is 1.06. The van der Waals surface area contributed by atoms with Crippen LogP contribution in [0.2, 0.25) is 0 Å². The van der Waals surface area contributed by atoms with Gasteiger partial charge in [0.25, 0.3) is 5.69 Å². The number of hydrogen-bond donors (Lipinski definition) is 1. The van der Waals surface area contributed by atoms with Gasteiger partial charge in [-0.2, -0.15) is 0 Å². The van der Waals surface area contributed by atoms with Crippen molar-refractivity contribution in [3.05, 3.63) is 63.2 Å². The Morgan fingerprint density at radius 1 is 1.28 bits per heavy atom. The minimum absolute atomic E-state index is 0. The van der Waals surface area contributed by atoms with Gasteiger partial charge in [-0.3, -0.25) is 14.9 Å². The summed E-state index contributed by atoms with van der Waals surface area (Å²) in [4.78, 5) is 27.0. The summed E-state index contributed by atoms with van der Waals surface area (Å²) in [5, 5.41) is 14.5. The summed E-state index contributed by atoms with van der Waals surface area (Å²) in [6.45, 7) is 4.10. The van der Waals surface area contributed by atoms with Gasteiger partial charge in [-0.15, -0.1) is 17.0 Å². The van der Waals surface area contributed by atoms with Gasteiger partial charge in [-0.05, 0) is 31.0 Å². The fraction of sp³-hybridized carbons (Fsp3) is 0.176. The van der Waals surface area contributed by atoms with E-state index in [2.05, 4.69) is 10.3 Å². The van der Waals surface area contributed by atoms with E-state index in [-0.39, 0.29) is 35.0 Å². The molecule has 6 nitrogen and oxygen atoms in total. The van der Waals surface area contributed by atoms with E-state index >= 15 is 0 Å². The number of Topliss-reactive ketones (excluding diaryl/α,β-unsaturated/α-hetero) is 1. The van der Waals surface area contributed by atoms with Gasteiger partial charge in [0.05, 0.1) is 21.7 Å². The molecule has 0 aliphatic heterocycles. The maximum absolute atomic E-state index is 12.2. The molecule has 0 saturated carbocycles. The number of hydrogen-bond acceptors (Lipinski definition) is 6. The average Bonchev–Trinajstić information content (AvgIpc) is 3.00. The van der Waals surface area contributed by atoms with E-state index in [1.807, 2.05) is 26.0 Å². The molecule has 0 spiro atoms. The van der Waals surface area contributed by atoms with Gasteiger partial charge in [-0.25, -0.2) is 4.98 Å². The summed E-state index contributed by atoms with van der Waals surface area (Å²) in [5.74, 6) is -0.217. The minimum atomic E-state index is -0.511. The van der Waals surface area contributed by atoms with Gasteiger partial charge in [0.2, 0.25) is 0 Å². The molecule has 0 atom stereocenters. The third-order valence-corrected chi connectivity index (χ3v) is 4.84. The predicted octanol–water partition coefficient (Wildman–Crippen LogP) is 4.69. The highest BCUT2D eigenvalue weighted by Crippen LogP contribution is 2.29. The molecule has 1 aromatic heterocycles. The van der Waals surface area contributed by atoms with Crippen molar-refractivity contribution in [1.82, 2.24) is 4.98 Å². The zero-order chi connectivity index (χ0) is 17.3. The van der Waals surface area contributed by atoms with E-state index in [1.165, 1.54) is 35.1 Å². The van der Waals surface area contributed by atoms with Crippen molar-refractivity contribution in [3.8, 4) is 0 Å². The molecule has 3 rings (SSSR count). The minimum Gasteiger partial charge on any atom is -0.354 e. The predicted molar refractivity (Wildman–Crippen MR) is 105 cm³/mol. The lowest BCUT2D eigenvalue weighted by molar-refractivity contribution is -0.384. The molecule has 1 heterocycles. The molecule has 0 unspecified atom stereocenters. The molecule has 25 heavy (non-hydrogen) atoms. The highest BCUT2D eigenvalue weighted by molar-refractivity contribution is 8.93. The number of benzene rings is 2. The number of carbonyl (C=O) groups is 1. The van der Waals surface area contributed by atoms with Crippen LogP contribution in [0, 0.1) is 24.0 Å². The zero-order valence-corrected chi connectivity index (χ0v) is 16.1. The molecule has 3 aromatic rings. The van der Waals surface area contributed by atoms with Gasteiger partial charge >= 0.3 is 0 Å². The van der Waals surface area contributed by atoms with E-state index in [9.17, 15) is 14.9 Å². The molecule has 8 heteroatoms. The Hall–Kier alpha value is -2.32. The third kappa shape index (κ3) is 4.02. The maximum atomic E-state index is 12.2. The first-order valence-corrected chi connectivity index (χ1v) is 8.15. The van der Waals surface area contributed by atoms with Crippen LogP contribution in [0.4, 0.5) is 10.8 Å². The lowest BCUT2D eigenvalue weighted by Crippen LogP contribution is -2.14. The monoisotopic (exact) mass is 421 g/mol. The highest BCUT2D eigenvalue weighted by atomic mass is 79.9. The van der Waals surface area contributed by atoms with Crippen molar-refractivity contribution in [3.63, 3.8) is 0 Å². The van der Waals surface area contributed by atoms with Crippen LogP contribution in [0.15, 0.2) is 36.4 Å². The maximum Gasteiger partial charge on any atom is 0.270 e. The summed E-state index contributed by atoms with van der Waals surface area (Å²) >= 11 is 1.48. The van der Waals surface area contributed by atoms with Gasteiger partial charge in [0.15, 0.2) is 10.9 Å². The summed E-state index contributed by atoms with van der Waals surface area (Å²) in [7, 11) is 0. The van der Waals surface area contributed by atoms with E-state index < -0.39 is 4.92 Å². The molecule has 0 saturated heterocycles. The molecule has 0 radical (unpaired) electrons. The molecular formula is C17H16BrN3O3S. The topological polar surface area (TPSA) is 85.1 Å². The third-order valence-electron chi connectivity index (χ3n) is 3.86. The normalized spacial score (nSPS) is 10.3. The lowest BCUT2D eigenvalue weighted by Gasteiger charge is -2.02. The van der Waals surface area contributed by atoms with E-state index in [0.717, 1.165) is 15.8 Å². The number of carbonyl (C=O) groups excluding carboxylic acids is 1. The van der Waals surface area contributed by atoms with Crippen LogP contribution in [0.25, 0.3) is 10.2 Å². The van der Waals surface area contributed by atoms with Crippen molar-refractivity contribution in [2.45, 2.75) is 13.8 Å². The Morgan fingerprint density at radius 3 is 2.76 bits per heavy atom. The zero-order valence-electron chi connectivity index (χ0n) is 13.6. The fourth-order valence-electron chi connectivity index (χ4n) is 2.35. The Bertz CT molecular complexity index is 955. The van der Waals surface area contributed by atoms with Gasteiger partial charge in [0.1, 0.15) is 0 Å². The van der Waals surface area contributed by atoms with E-state index in [0.29, 0.717) is 10.7 Å². The van der Waals surface area contributed by atoms with Crippen molar-refractivity contribution in [1.29, 1.82) is 0 Å². The molecule has 0 aliphatic carbocycles. The number of anilines is 1. The number of halogens is 1. The van der Waals surface area contributed by atoms with E-state index in [1.54, 1.807) is 6.07 Å². The van der Waals surface area contributed by atoms with Crippen LogP contribution < -0.4 is 5.32 Å². The van der Waals surface area contributed by atoms with Crippen molar-refractivity contribution < 1.29 is 9.72 Å². The number of non-ortho nitro benzene ring substituents is 1. The van der Waals surface area contributed by atoms with Gasteiger partial charge < -0.3 is 5.32 Å². The second kappa shape index (κ2) is 7.71. The Morgan fingerprint density at radius 2 is 2.04 bits per heavy atom. The number of ketones is 1. The van der Waals surface area contributed by atoms with Crippen LogP contribution in [-0.2, 0) is 0 Å². The number of nitro benzene ring substituents is 1. The van der Waals surface area contributed by atoms with Crippen LogP contribution >= 0.6 is 28.3 Å². The molecule has 1 N–H and O–H groups in total. The second-order valence-electron chi connectivity index (χ2n) is 5.46. The first-order valence-electron chi connectivity index (χ1n) is 7.34. The smallest absolute Gasteiger partial charge is 0.270 e. The second-order valence-corrected chi connectivity index (χ2v) is 6.49. The number of aryl methyl sites for hydroxylation is 2. The standard InChI is InChI=1S/C17H15N3O3S.BrH/c1-10-6-7-15-16(11(10)2)19-17(24-15)18-9-14(21)12-4-3-5-13(8-12)20(22)23;/h3-8H,9H2,1-2H3,(H,18,19);1H. The van der Waals surface area contributed by atoms with Gasteiger partial charge in [0, 0.05) is 17.7 Å². The molecule has 0 amide bonds. The quantitative estimate of drug-likeness (QED) is 0.366. The molecule has 0 bridgehead atoms. The molecular weight excluding hydrogens is 406 g/mol. The molecule has 130 valence electrons. The van der Waals surface area contributed by atoms with E-state index in [4.69, 9.17) is 0 Å². The number of aromatic nitrogens is 1. The van der Waals surface area contributed by atoms with Crippen molar-refractivity contribution in [2.24, 2.45) is 0 Å². The van der Waals surface area contributed by atoms with Crippen LogP contribution in [0.3, 0.4) is 0 Å². The highest BCUT2D eigenvalue weighted by Gasteiger charge is 2.13. The first-order chi connectivity index (χ1) is 11.5. The summed E-state index contributed by atoms with van der Waals surface area (Å²) in [6.07, 6.45) is 0. The van der Waals surface area contributed by atoms with Crippen LogP contribution in [0.5, 0.6) is 0 Å². The number of rotatable bonds is 5. The SMILES string of the molecule is Br.Cc1ccc2sc(NCC(=O)c3cccc([N+](=O)[O-])c3)nc2c1C. The summed E-state index contributed by atoms with van der Waals surface area (Å²) in [6, 6.07) is 9.80. The molecule has 0 fully saturated rings. The first kappa shape index (κ1) is 19.0. The van der Waals surface area contributed by atoms with Crippen molar-refractivity contribution >= 4 is 55.1 Å². The fourth-order valence-corrected chi connectivity index (χ4v) is 3.27. The van der Waals surface area contributed by atoms with Crippen molar-refractivity contribution in [2.75, 3.05) is 11.9 Å².